The maximum Gasteiger partial charge on any atom is 0.320 e. The van der Waals surface area contributed by atoms with Gasteiger partial charge in [0.2, 0.25) is 0 Å². The van der Waals surface area contributed by atoms with Gasteiger partial charge in [-0.1, -0.05) is 12.1 Å². The highest BCUT2D eigenvalue weighted by Crippen LogP contribution is 2.33. The predicted molar refractivity (Wildman–Crippen MR) is 92.2 cm³/mol. The van der Waals surface area contributed by atoms with Crippen LogP contribution in [-0.4, -0.2) is 48.0 Å². The van der Waals surface area contributed by atoms with Crippen molar-refractivity contribution in [2.24, 2.45) is 0 Å². The molecule has 7 nitrogen and oxygen atoms in total. The Hall–Kier alpha value is -2.61. The summed E-state index contributed by atoms with van der Waals surface area (Å²) < 4.78 is 20.9. The fraction of sp³-hybridized carbons (Fsp3) is 0.412. The number of fused-ring (bicyclic) bond motifs is 1. The fourth-order valence-corrected chi connectivity index (χ4v) is 2.70. The lowest BCUT2D eigenvalue weighted by Gasteiger charge is -2.26. The highest BCUT2D eigenvalue weighted by molar-refractivity contribution is 5.88. The van der Waals surface area contributed by atoms with Crippen molar-refractivity contribution in [3.63, 3.8) is 0 Å². The van der Waals surface area contributed by atoms with E-state index < -0.39 is 5.82 Å². The monoisotopic (exact) mass is 347 g/mol. The average Bonchev–Trinajstić information content (AvgIpc) is 3.01. The van der Waals surface area contributed by atoms with Crippen LogP contribution in [0.15, 0.2) is 30.5 Å². The maximum absolute atomic E-state index is 13.8. The molecule has 2 aromatic rings. The molecule has 2 N–H and O–H groups in total. The Morgan fingerprint density at radius 2 is 2.28 bits per heavy atom. The van der Waals surface area contributed by atoms with Gasteiger partial charge in [-0.15, -0.1) is 0 Å². The van der Waals surface area contributed by atoms with Gasteiger partial charge in [-0.3, -0.25) is 10.00 Å². The lowest BCUT2D eigenvalue weighted by atomic mass is 10.0. The summed E-state index contributed by atoms with van der Waals surface area (Å²) in [5.74, 6) is 0.277. The number of hydrogen-bond acceptors (Lipinski definition) is 4. The number of carbonyl (C=O) groups is 1. The molecule has 134 valence electrons. The molecular formula is C17H22FN5O2. The topological polar surface area (TPSA) is 71.4 Å². The Morgan fingerprint density at radius 3 is 3.08 bits per heavy atom. The number of halogens is 1. The number of likely N-dealkylation sites (N-methyl/N-ethyl adjacent to an activating group) is 1. The van der Waals surface area contributed by atoms with Crippen LogP contribution in [0.1, 0.15) is 18.0 Å². The Kier molecular flexibility index (Phi) is 5.18. The highest BCUT2D eigenvalue weighted by Gasteiger charge is 2.25. The number of nitrogens with zero attached hydrogens (tertiary/aromatic N) is 3. The van der Waals surface area contributed by atoms with Gasteiger partial charge >= 0.3 is 6.03 Å². The molecule has 2 amide bonds. The van der Waals surface area contributed by atoms with E-state index in [-0.39, 0.29) is 17.8 Å². The molecule has 0 saturated heterocycles. The zero-order valence-electron chi connectivity index (χ0n) is 14.3. The third kappa shape index (κ3) is 4.27. The molecule has 0 saturated carbocycles. The van der Waals surface area contributed by atoms with Gasteiger partial charge in [-0.2, -0.15) is 5.10 Å². The molecule has 0 aliphatic carbocycles. The number of amides is 2. The molecule has 1 atom stereocenters. The number of hydrogen-bond donors (Lipinski definition) is 2. The van der Waals surface area contributed by atoms with E-state index >= 15 is 0 Å². The number of carbonyl (C=O) groups excluding carboxylic acids is 1. The Bertz CT molecular complexity index is 746. The van der Waals surface area contributed by atoms with Gasteiger partial charge in [0.05, 0.1) is 19.2 Å². The van der Waals surface area contributed by atoms with Crippen LogP contribution in [0.3, 0.4) is 0 Å². The van der Waals surface area contributed by atoms with Gasteiger partial charge in [0.25, 0.3) is 0 Å². The van der Waals surface area contributed by atoms with Gasteiger partial charge in [0, 0.05) is 30.8 Å². The quantitative estimate of drug-likeness (QED) is 0.870. The average molecular weight is 347 g/mol. The van der Waals surface area contributed by atoms with Gasteiger partial charge in [0.1, 0.15) is 0 Å². The molecule has 0 unspecified atom stereocenters. The van der Waals surface area contributed by atoms with Gasteiger partial charge in [0.15, 0.2) is 17.4 Å². The zero-order chi connectivity index (χ0) is 17.8. The molecular weight excluding hydrogens is 325 g/mol. The van der Waals surface area contributed by atoms with Crippen molar-refractivity contribution in [2.45, 2.75) is 19.0 Å². The normalized spacial score (nSPS) is 16.2. The summed E-state index contributed by atoms with van der Waals surface area (Å²) in [5, 5.41) is 9.88. The van der Waals surface area contributed by atoms with Crippen LogP contribution < -0.4 is 15.4 Å². The first-order chi connectivity index (χ1) is 12.0. The van der Waals surface area contributed by atoms with E-state index in [1.54, 1.807) is 22.9 Å². The van der Waals surface area contributed by atoms with Crippen molar-refractivity contribution in [1.82, 2.24) is 20.0 Å². The van der Waals surface area contributed by atoms with Crippen LogP contribution >= 0.6 is 0 Å². The van der Waals surface area contributed by atoms with E-state index in [9.17, 15) is 9.18 Å². The minimum Gasteiger partial charge on any atom is -0.490 e. The SMILES string of the molecule is CN(C)CCn1ccc(NC(=O)N[C@H]2CCOc3c(F)cccc32)n1. The lowest BCUT2D eigenvalue weighted by Crippen LogP contribution is -2.35. The molecule has 1 aromatic carbocycles. The number of nitrogens with one attached hydrogen (secondary N) is 2. The number of anilines is 1. The maximum atomic E-state index is 13.8. The second-order valence-corrected chi connectivity index (χ2v) is 6.21. The second kappa shape index (κ2) is 7.52. The molecule has 0 radical (unpaired) electrons. The van der Waals surface area contributed by atoms with E-state index in [2.05, 4.69) is 20.6 Å². The Labute approximate surface area is 145 Å². The number of para-hydroxylation sites is 1. The van der Waals surface area contributed by atoms with E-state index in [0.29, 0.717) is 24.4 Å². The van der Waals surface area contributed by atoms with Crippen molar-refractivity contribution in [3.05, 3.63) is 41.8 Å². The molecule has 1 aliphatic heterocycles. The standard InChI is InChI=1S/C17H22FN5O2/c1-22(2)9-10-23-8-6-15(21-23)20-17(24)19-14-7-11-25-16-12(14)4-3-5-13(16)18/h3-6,8,14H,7,9-11H2,1-2H3,(H2,19,20,21,24)/t14-/m0/s1. The van der Waals surface area contributed by atoms with E-state index in [1.165, 1.54) is 6.07 Å². The van der Waals surface area contributed by atoms with Crippen molar-refractivity contribution in [3.8, 4) is 5.75 Å². The Morgan fingerprint density at radius 1 is 1.44 bits per heavy atom. The summed E-state index contributed by atoms with van der Waals surface area (Å²) in [4.78, 5) is 14.3. The molecule has 0 spiro atoms. The number of urea groups is 1. The van der Waals surface area contributed by atoms with Crippen molar-refractivity contribution in [1.29, 1.82) is 0 Å². The predicted octanol–water partition coefficient (Wildman–Crippen LogP) is 2.23. The lowest BCUT2D eigenvalue weighted by molar-refractivity contribution is 0.227. The molecule has 8 heteroatoms. The van der Waals surface area contributed by atoms with Crippen molar-refractivity contribution >= 4 is 11.8 Å². The molecule has 0 bridgehead atoms. The molecule has 1 aromatic heterocycles. The zero-order valence-corrected chi connectivity index (χ0v) is 14.3. The van der Waals surface area contributed by atoms with E-state index in [0.717, 1.165) is 13.1 Å². The molecule has 3 rings (SSSR count). The smallest absolute Gasteiger partial charge is 0.320 e. The minimum absolute atomic E-state index is 0.215. The molecule has 1 aliphatic rings. The molecule has 25 heavy (non-hydrogen) atoms. The summed E-state index contributed by atoms with van der Waals surface area (Å²) >= 11 is 0. The van der Waals surface area contributed by atoms with E-state index in [1.807, 2.05) is 20.3 Å². The van der Waals surface area contributed by atoms with Crippen LogP contribution in [-0.2, 0) is 6.54 Å². The number of aromatic nitrogens is 2. The summed E-state index contributed by atoms with van der Waals surface area (Å²) in [6.45, 7) is 1.96. The van der Waals surface area contributed by atoms with Crippen LogP contribution in [0, 0.1) is 5.82 Å². The summed E-state index contributed by atoms with van der Waals surface area (Å²) in [6, 6.07) is 5.80. The van der Waals surface area contributed by atoms with Crippen molar-refractivity contribution < 1.29 is 13.9 Å². The number of benzene rings is 1. The molecule has 2 heterocycles. The fourth-order valence-electron chi connectivity index (χ4n) is 2.70. The van der Waals surface area contributed by atoms with E-state index in [4.69, 9.17) is 4.74 Å². The third-order valence-electron chi connectivity index (χ3n) is 3.99. The number of ether oxygens (including phenoxy) is 1. The first kappa shape index (κ1) is 17.2. The first-order valence-electron chi connectivity index (χ1n) is 8.20. The largest absolute Gasteiger partial charge is 0.490 e. The van der Waals surface area contributed by atoms with Crippen LogP contribution in [0.5, 0.6) is 5.75 Å². The van der Waals surface area contributed by atoms with Gasteiger partial charge in [-0.05, 0) is 20.2 Å². The summed E-state index contributed by atoms with van der Waals surface area (Å²) in [6.07, 6.45) is 2.40. The highest BCUT2D eigenvalue weighted by atomic mass is 19.1. The van der Waals surface area contributed by atoms with Gasteiger partial charge in [-0.25, -0.2) is 9.18 Å². The third-order valence-corrected chi connectivity index (χ3v) is 3.99. The summed E-state index contributed by atoms with van der Waals surface area (Å²) in [5.41, 5.74) is 0.651. The summed E-state index contributed by atoms with van der Waals surface area (Å²) in [7, 11) is 3.98. The van der Waals surface area contributed by atoms with Crippen LogP contribution in [0.25, 0.3) is 0 Å². The number of rotatable bonds is 5. The Balaban J connectivity index is 1.60. The first-order valence-corrected chi connectivity index (χ1v) is 8.20. The van der Waals surface area contributed by atoms with Crippen LogP contribution in [0.2, 0.25) is 0 Å². The van der Waals surface area contributed by atoms with Gasteiger partial charge < -0.3 is 15.0 Å². The second-order valence-electron chi connectivity index (χ2n) is 6.21. The minimum atomic E-state index is -0.413. The van der Waals surface area contributed by atoms with Crippen LogP contribution in [0.4, 0.5) is 15.0 Å². The van der Waals surface area contributed by atoms with Crippen molar-refractivity contribution in [2.75, 3.05) is 32.6 Å². The molecule has 0 fully saturated rings.